The predicted octanol–water partition coefficient (Wildman–Crippen LogP) is -3.58. The third kappa shape index (κ3) is 166. The second-order valence-electron chi connectivity index (χ2n) is 0.448. The van der Waals surface area contributed by atoms with E-state index in [9.17, 15) is 0 Å². The molecule has 0 aliphatic carbocycles. The molecule has 0 saturated heterocycles. The maximum absolute atomic E-state index is 8.74. The van der Waals surface area contributed by atoms with E-state index in [1.54, 1.807) is 0 Å². The summed E-state index contributed by atoms with van der Waals surface area (Å²) < 4.78 is 31.6. The van der Waals surface area contributed by atoms with Gasteiger partial charge in [0.2, 0.25) is 0 Å². The van der Waals surface area contributed by atoms with Gasteiger partial charge in [-0.05, 0) is 0 Å². The molecule has 0 aromatic heterocycles. The Balaban J connectivity index is -0.00000000800. The van der Waals surface area contributed by atoms with Gasteiger partial charge in [0.25, 0.3) is 0 Å². The average molecular weight is 475 g/mol. The van der Waals surface area contributed by atoms with E-state index in [4.69, 9.17) is 17.5 Å². The van der Waals surface area contributed by atoms with Gasteiger partial charge in [0.1, 0.15) is 0 Å². The zero-order valence-corrected chi connectivity index (χ0v) is 12.3. The quantitative estimate of drug-likeness (QED) is 0.280. The maximum atomic E-state index is 8.74. The van der Waals surface area contributed by atoms with Gasteiger partial charge in [-0.1, -0.05) is 0 Å². The zero-order chi connectivity index (χ0) is 4.50. The van der Waals surface area contributed by atoms with E-state index in [1.807, 2.05) is 0 Å². The van der Waals surface area contributed by atoms with Crippen molar-refractivity contribution in [1.29, 1.82) is 0 Å². The summed E-state index contributed by atoms with van der Waals surface area (Å²) in [6.07, 6.45) is 0. The van der Waals surface area contributed by atoms with Crippen LogP contribution in [0, 0.1) is 0 Å². The zero-order valence-electron chi connectivity index (χ0n) is 3.98. The molecule has 0 spiro atoms. The van der Waals surface area contributed by atoms with E-state index in [0.717, 1.165) is 0 Å². The first-order valence-corrected chi connectivity index (χ1v) is 2.10. The Kier molecular flexibility index (Phi) is 68.8. The Morgan fingerprint density at radius 1 is 1.10 bits per heavy atom. The molecule has 0 aliphatic heterocycles. The molecule has 10 heteroatoms. The monoisotopic (exact) mass is 475 g/mol. The summed E-state index contributed by atoms with van der Waals surface area (Å²) in [5.41, 5.74) is 0. The van der Waals surface area contributed by atoms with E-state index in [2.05, 4.69) is 0 Å². The van der Waals surface area contributed by atoms with Gasteiger partial charge < -0.3 is 5.48 Å². The van der Waals surface area contributed by atoms with Gasteiger partial charge in [0, 0.05) is 34.1 Å². The second kappa shape index (κ2) is 17.4. The number of rotatable bonds is 0. The first-order chi connectivity index (χ1) is 2.00. The van der Waals surface area contributed by atoms with Crippen LogP contribution in [-0.2, 0) is 44.5 Å². The van der Waals surface area contributed by atoms with Crippen LogP contribution < -0.4 is 0 Å². The molecule has 10 heavy (non-hydrogen) atoms. The van der Waals surface area contributed by atoms with Gasteiger partial charge in [-0.15, -0.1) is 0 Å². The number of hydrogen-bond donors (Lipinski definition) is 2. The van der Waals surface area contributed by atoms with Crippen molar-refractivity contribution < 1.29 is 57.1 Å². The van der Waals surface area contributed by atoms with Crippen LogP contribution in [0.25, 0.3) is 0 Å². The first-order valence-electron chi connectivity index (χ1n) is 0.698. The minimum atomic E-state index is -4.67. The Bertz CT molecular complexity index is 105. The van der Waals surface area contributed by atoms with Crippen molar-refractivity contribution in [2.45, 2.75) is 0 Å². The predicted molar refractivity (Wildman–Crippen MR) is 36.3 cm³/mol. The molecular weight excluding hydrogens is 466 g/mol. The molecule has 0 aliphatic rings. The van der Waals surface area contributed by atoms with E-state index in [-0.39, 0.29) is 84.3 Å². The van der Waals surface area contributed by atoms with E-state index < -0.39 is 10.4 Å². The van der Waals surface area contributed by atoms with Gasteiger partial charge in [-0.2, -0.15) is 8.42 Å². The van der Waals surface area contributed by atoms with Crippen LogP contribution in [0.5, 0.6) is 0 Å². The van der Waals surface area contributed by atoms with Crippen LogP contribution >= 0.6 is 0 Å². The Morgan fingerprint density at radius 3 is 1.10 bits per heavy atom. The van der Waals surface area contributed by atoms with E-state index in [1.165, 1.54) is 0 Å². The molecule has 5 nitrogen and oxygen atoms in total. The molecule has 0 aromatic carbocycles. The Hall–Kier alpha value is 2.32. The summed E-state index contributed by atoms with van der Waals surface area (Å²) in [7, 11) is -4.67. The van der Waals surface area contributed by atoms with E-state index >= 15 is 0 Å². The molecule has 0 atom stereocenters. The molecule has 4 N–H and O–H groups in total. The van der Waals surface area contributed by atoms with Crippen LogP contribution in [0.1, 0.15) is 0 Å². The fraction of sp³-hybridized carbons (Fsp3) is 0. The molecule has 3 radical (unpaired) electrons. The summed E-state index contributed by atoms with van der Waals surface area (Å²) in [5, 5.41) is 0. The number of hydrogen-bond acceptors (Lipinski definition) is 2. The fourth-order valence-electron chi connectivity index (χ4n) is 0. The summed E-state index contributed by atoms with van der Waals surface area (Å²) in [4.78, 5) is 0. The fourth-order valence-corrected chi connectivity index (χ4v) is 0. The normalized spacial score (nSPS) is 5.80. The molecule has 0 heterocycles. The SMILES string of the molecule is O.O=S(=O)(O)O.[AlH3].[Cu].[Fe].[PbH2]. The van der Waals surface area contributed by atoms with Crippen molar-refractivity contribution in [3.63, 3.8) is 0 Å². The van der Waals surface area contributed by atoms with Crippen LogP contribution in [0.2, 0.25) is 0 Å². The van der Waals surface area contributed by atoms with Crippen molar-refractivity contribution in [2.24, 2.45) is 0 Å². The molecule has 0 aromatic rings. The molecule has 71 valence electrons. The topological polar surface area (TPSA) is 106 Å². The first kappa shape index (κ1) is 39.5. The van der Waals surface area contributed by atoms with Gasteiger partial charge >= 0.3 is 37.7 Å². The van der Waals surface area contributed by atoms with Crippen molar-refractivity contribution in [2.75, 3.05) is 0 Å². The van der Waals surface area contributed by atoms with Crippen LogP contribution in [0.15, 0.2) is 0 Å². The van der Waals surface area contributed by atoms with Gasteiger partial charge in [0.05, 0.1) is 0 Å². The van der Waals surface area contributed by atoms with E-state index in [0.29, 0.717) is 0 Å². The Morgan fingerprint density at radius 2 is 1.10 bits per heavy atom. The summed E-state index contributed by atoms with van der Waals surface area (Å²) >= 11 is 0. The summed E-state index contributed by atoms with van der Waals surface area (Å²) in [5.74, 6) is 0. The van der Waals surface area contributed by atoms with Crippen LogP contribution in [-0.4, -0.2) is 67.7 Å². The third-order valence-electron chi connectivity index (χ3n) is 0. The average Bonchev–Trinajstić information content (AvgIpc) is 0.722. The molecule has 0 fully saturated rings. The summed E-state index contributed by atoms with van der Waals surface area (Å²) in [6.45, 7) is 0. The Labute approximate surface area is 111 Å². The molecule has 0 bridgehead atoms. The third-order valence-corrected chi connectivity index (χ3v) is 0. The minimum absolute atomic E-state index is 0. The van der Waals surface area contributed by atoms with Crippen molar-refractivity contribution in [1.82, 2.24) is 0 Å². The molecule has 0 amide bonds. The van der Waals surface area contributed by atoms with Gasteiger partial charge in [-0.25, -0.2) is 0 Å². The molecule has 0 saturated carbocycles. The molecule has 0 unspecified atom stereocenters. The van der Waals surface area contributed by atoms with Crippen molar-refractivity contribution >= 4 is 55.1 Å². The van der Waals surface area contributed by atoms with Gasteiger partial charge in [-0.3, -0.25) is 9.11 Å². The standard InChI is InChI=1S/Al.Cu.Fe.H2O4S.H2O.Pb.5H/c;;;1-5(2,3)4;;;;;;;/h;;;(H2,1,2,3,4);1H2;;;;;;. The van der Waals surface area contributed by atoms with Crippen LogP contribution in [0.3, 0.4) is 0 Å². The van der Waals surface area contributed by atoms with Crippen LogP contribution in [0.4, 0.5) is 0 Å². The summed E-state index contributed by atoms with van der Waals surface area (Å²) in [6, 6.07) is 0. The molecular formula is H9AlCuFeO5PbS. The van der Waals surface area contributed by atoms with Gasteiger partial charge in [0.15, 0.2) is 17.4 Å². The van der Waals surface area contributed by atoms with Crippen molar-refractivity contribution in [3.05, 3.63) is 0 Å². The second-order valence-corrected chi connectivity index (χ2v) is 1.34. The van der Waals surface area contributed by atoms with Crippen molar-refractivity contribution in [3.8, 4) is 0 Å². The molecule has 0 rings (SSSR count).